The molecule has 0 aliphatic carbocycles. The molecule has 2 heterocycles. The number of fused-ring (bicyclic) bond motifs is 1. The molecule has 1 amide bonds. The number of hydrogen-bond donors (Lipinski definition) is 0. The first kappa shape index (κ1) is 14.5. The second-order valence-electron chi connectivity index (χ2n) is 6.43. The van der Waals surface area contributed by atoms with Crippen LogP contribution in [0.1, 0.15) is 32.4 Å². The summed E-state index contributed by atoms with van der Waals surface area (Å²) in [5.74, 6) is 0.588. The van der Waals surface area contributed by atoms with Crippen LogP contribution in [0, 0.1) is 11.8 Å². The fraction of sp³-hybridized carbons (Fsp3) is 0.588. The number of hydroxylamine groups is 2. The van der Waals surface area contributed by atoms with Crippen LogP contribution in [0.2, 0.25) is 0 Å². The molecule has 4 heteroatoms. The van der Waals surface area contributed by atoms with Gasteiger partial charge in [0.2, 0.25) is 5.91 Å². The predicted octanol–water partition coefficient (Wildman–Crippen LogP) is 2.48. The summed E-state index contributed by atoms with van der Waals surface area (Å²) in [6.07, 6.45) is -0.0410. The van der Waals surface area contributed by atoms with E-state index in [1.165, 1.54) is 5.56 Å². The van der Waals surface area contributed by atoms with E-state index in [4.69, 9.17) is 4.84 Å². The third-order valence-electron chi connectivity index (χ3n) is 5.01. The number of amides is 1. The second-order valence-corrected chi connectivity index (χ2v) is 6.43. The number of carbonyl (C=O) groups is 1. The van der Waals surface area contributed by atoms with Crippen LogP contribution in [0.25, 0.3) is 0 Å². The Morgan fingerprint density at radius 2 is 1.90 bits per heavy atom. The molecule has 5 atom stereocenters. The van der Waals surface area contributed by atoms with E-state index in [0.29, 0.717) is 5.92 Å². The molecule has 2 aliphatic heterocycles. The van der Waals surface area contributed by atoms with Gasteiger partial charge in [0.1, 0.15) is 0 Å². The quantitative estimate of drug-likeness (QED) is 0.838. The van der Waals surface area contributed by atoms with Crippen molar-refractivity contribution < 1.29 is 9.63 Å². The van der Waals surface area contributed by atoms with Crippen molar-refractivity contribution in [3.05, 3.63) is 35.9 Å². The molecule has 1 aromatic carbocycles. The number of carbonyl (C=O) groups excluding carboxylic acids is 1. The Hall–Kier alpha value is -1.39. The first-order valence-corrected chi connectivity index (χ1v) is 7.75. The maximum atomic E-state index is 12.9. The van der Waals surface area contributed by atoms with Crippen molar-refractivity contribution in [2.75, 3.05) is 13.6 Å². The summed E-state index contributed by atoms with van der Waals surface area (Å²) in [6, 6.07) is 10.6. The zero-order valence-corrected chi connectivity index (χ0v) is 13.2. The highest BCUT2D eigenvalue weighted by Gasteiger charge is 2.52. The van der Waals surface area contributed by atoms with Crippen molar-refractivity contribution in [3.63, 3.8) is 0 Å². The minimum Gasteiger partial charge on any atom is -0.335 e. The van der Waals surface area contributed by atoms with E-state index in [1.807, 2.05) is 42.1 Å². The van der Waals surface area contributed by atoms with Gasteiger partial charge in [-0.3, -0.25) is 9.63 Å². The number of benzene rings is 1. The molecule has 2 aliphatic rings. The van der Waals surface area contributed by atoms with E-state index in [9.17, 15) is 4.79 Å². The highest BCUT2D eigenvalue weighted by Crippen LogP contribution is 2.39. The van der Waals surface area contributed by atoms with Crippen LogP contribution in [0.5, 0.6) is 0 Å². The standard InChI is InChI=1S/C17H24N2O2/c1-11-10-19(12(2)14-8-6-5-7-9-14)17(20)15-13(3)21-18(4)16(11)15/h5-9,11-13,15-16H,10H2,1-4H3/t11-,12-,13+,15+,16+/m0/s1. The highest BCUT2D eigenvalue weighted by atomic mass is 16.7. The zero-order valence-electron chi connectivity index (χ0n) is 13.2. The molecule has 114 valence electrons. The van der Waals surface area contributed by atoms with Crippen molar-refractivity contribution in [1.82, 2.24) is 9.96 Å². The van der Waals surface area contributed by atoms with Gasteiger partial charge in [0.15, 0.2) is 0 Å². The van der Waals surface area contributed by atoms with Gasteiger partial charge in [-0.05, 0) is 25.3 Å². The smallest absolute Gasteiger partial charge is 0.230 e. The third kappa shape index (κ3) is 2.36. The van der Waals surface area contributed by atoms with Crippen LogP contribution in [-0.4, -0.2) is 41.6 Å². The average molecular weight is 288 g/mol. The van der Waals surface area contributed by atoms with Crippen molar-refractivity contribution in [2.45, 2.75) is 39.0 Å². The fourth-order valence-electron chi connectivity index (χ4n) is 3.92. The molecule has 0 bridgehead atoms. The van der Waals surface area contributed by atoms with Crippen molar-refractivity contribution >= 4 is 5.91 Å². The molecule has 0 spiro atoms. The van der Waals surface area contributed by atoms with Crippen LogP contribution in [0.3, 0.4) is 0 Å². The summed E-state index contributed by atoms with van der Waals surface area (Å²) >= 11 is 0. The maximum Gasteiger partial charge on any atom is 0.230 e. The number of piperidine rings is 1. The number of rotatable bonds is 2. The van der Waals surface area contributed by atoms with Gasteiger partial charge in [-0.2, -0.15) is 5.06 Å². The largest absolute Gasteiger partial charge is 0.335 e. The molecule has 1 aromatic rings. The van der Waals surface area contributed by atoms with Crippen LogP contribution < -0.4 is 0 Å². The Kier molecular flexibility index (Phi) is 3.76. The molecule has 0 N–H and O–H groups in total. The Balaban J connectivity index is 1.87. The van der Waals surface area contributed by atoms with Gasteiger partial charge < -0.3 is 4.90 Å². The van der Waals surface area contributed by atoms with Crippen LogP contribution in [-0.2, 0) is 9.63 Å². The average Bonchev–Trinajstić information content (AvgIpc) is 2.78. The van der Waals surface area contributed by atoms with Crippen LogP contribution in [0.4, 0.5) is 0 Å². The summed E-state index contributed by atoms with van der Waals surface area (Å²) in [4.78, 5) is 20.7. The summed E-state index contributed by atoms with van der Waals surface area (Å²) in [6.45, 7) is 7.12. The molecule has 3 rings (SSSR count). The topological polar surface area (TPSA) is 32.8 Å². The third-order valence-corrected chi connectivity index (χ3v) is 5.01. The number of hydrogen-bond acceptors (Lipinski definition) is 3. The normalized spacial score (nSPS) is 34.9. The first-order chi connectivity index (χ1) is 10.0. The molecular formula is C17H24N2O2. The number of likely N-dealkylation sites (tertiary alicyclic amines) is 1. The van der Waals surface area contributed by atoms with Crippen molar-refractivity contribution in [2.24, 2.45) is 11.8 Å². The summed E-state index contributed by atoms with van der Waals surface area (Å²) < 4.78 is 0. The zero-order chi connectivity index (χ0) is 15.1. The maximum absolute atomic E-state index is 12.9. The molecule has 2 fully saturated rings. The van der Waals surface area contributed by atoms with Gasteiger partial charge in [-0.15, -0.1) is 0 Å². The lowest BCUT2D eigenvalue weighted by atomic mass is 9.81. The monoisotopic (exact) mass is 288 g/mol. The van der Waals surface area contributed by atoms with Gasteiger partial charge in [-0.1, -0.05) is 37.3 Å². The minimum atomic E-state index is -0.0510. The molecular weight excluding hydrogens is 264 g/mol. The Morgan fingerprint density at radius 1 is 1.24 bits per heavy atom. The molecule has 21 heavy (non-hydrogen) atoms. The molecule has 4 nitrogen and oxygen atoms in total. The highest BCUT2D eigenvalue weighted by molar-refractivity contribution is 5.82. The van der Waals surface area contributed by atoms with E-state index in [2.05, 4.69) is 26.0 Å². The lowest BCUT2D eigenvalue weighted by Crippen LogP contribution is -2.55. The van der Waals surface area contributed by atoms with Gasteiger partial charge in [0.05, 0.1) is 24.1 Å². The van der Waals surface area contributed by atoms with Crippen molar-refractivity contribution in [3.8, 4) is 0 Å². The number of nitrogens with zero attached hydrogens (tertiary/aromatic N) is 2. The second kappa shape index (κ2) is 5.43. The Morgan fingerprint density at radius 3 is 2.57 bits per heavy atom. The Labute approximate surface area is 126 Å². The molecule has 0 radical (unpaired) electrons. The molecule has 0 saturated carbocycles. The van der Waals surface area contributed by atoms with Crippen LogP contribution >= 0.6 is 0 Å². The Bertz CT molecular complexity index is 519. The van der Waals surface area contributed by atoms with E-state index < -0.39 is 0 Å². The lowest BCUT2D eigenvalue weighted by molar-refractivity contribution is -0.149. The van der Waals surface area contributed by atoms with Gasteiger partial charge in [0, 0.05) is 13.6 Å². The summed E-state index contributed by atoms with van der Waals surface area (Å²) in [5, 5.41) is 1.89. The van der Waals surface area contributed by atoms with E-state index >= 15 is 0 Å². The summed E-state index contributed by atoms with van der Waals surface area (Å²) in [5.41, 5.74) is 1.19. The van der Waals surface area contributed by atoms with Crippen molar-refractivity contribution in [1.29, 1.82) is 0 Å². The lowest BCUT2D eigenvalue weighted by Gasteiger charge is -2.42. The SMILES string of the molecule is C[C@H]1CN([C@@H](C)c2ccccc2)C(=O)[C@H]2[C@@H]1N(C)O[C@@H]2C. The van der Waals surface area contributed by atoms with E-state index in [0.717, 1.165) is 6.54 Å². The van der Waals surface area contributed by atoms with Crippen LogP contribution in [0.15, 0.2) is 30.3 Å². The predicted molar refractivity (Wildman–Crippen MR) is 81.3 cm³/mol. The first-order valence-electron chi connectivity index (χ1n) is 7.75. The van der Waals surface area contributed by atoms with E-state index in [1.54, 1.807) is 0 Å². The summed E-state index contributed by atoms with van der Waals surface area (Å²) in [7, 11) is 1.95. The molecule has 2 saturated heterocycles. The van der Waals surface area contributed by atoms with Gasteiger partial charge in [-0.25, -0.2) is 0 Å². The van der Waals surface area contributed by atoms with Gasteiger partial charge >= 0.3 is 0 Å². The van der Waals surface area contributed by atoms with Gasteiger partial charge in [0.25, 0.3) is 0 Å². The fourth-order valence-corrected chi connectivity index (χ4v) is 3.92. The molecule has 0 unspecified atom stereocenters. The van der Waals surface area contributed by atoms with E-state index in [-0.39, 0.29) is 30.0 Å². The molecule has 0 aromatic heterocycles. The minimum absolute atomic E-state index is 0.0410.